The number of azo groups is 1. The quantitative estimate of drug-likeness (QED) is 0.579. The van der Waals surface area contributed by atoms with Gasteiger partial charge in [0.2, 0.25) is 0 Å². The van der Waals surface area contributed by atoms with Gasteiger partial charge in [0.1, 0.15) is 0 Å². The number of halogens is 2. The molecule has 0 aliphatic carbocycles. The van der Waals surface area contributed by atoms with Gasteiger partial charge < -0.3 is 0 Å². The Morgan fingerprint density at radius 1 is 1.00 bits per heavy atom. The number of rotatable bonds is 3. The number of amides is 2. The first-order chi connectivity index (χ1) is 10.5. The SMILES string of the molecule is Cc1ccc(Cl)cc1N=NC(=O)NNc1cc(Cl)ccc1C. The van der Waals surface area contributed by atoms with Gasteiger partial charge in [-0.15, -0.1) is 5.11 Å². The highest BCUT2D eigenvalue weighted by molar-refractivity contribution is 6.31. The standard InChI is InChI=1S/C15H14Cl2N4O/c1-9-3-5-11(16)7-13(9)18-20-15(22)21-19-14-8-12(17)6-4-10(14)2/h3-8,18H,1-2H3,(H,20,22). The van der Waals surface area contributed by atoms with Gasteiger partial charge in [0.05, 0.1) is 11.4 Å². The number of aryl methyl sites for hydroxylation is 2. The molecule has 0 spiro atoms. The maximum Gasteiger partial charge on any atom is 0.378 e. The van der Waals surface area contributed by atoms with E-state index in [9.17, 15) is 4.79 Å². The van der Waals surface area contributed by atoms with Crippen LogP contribution in [0.25, 0.3) is 0 Å². The van der Waals surface area contributed by atoms with Crippen molar-refractivity contribution in [2.24, 2.45) is 10.2 Å². The molecule has 2 amide bonds. The van der Waals surface area contributed by atoms with E-state index in [2.05, 4.69) is 21.1 Å². The molecular formula is C15H14Cl2N4O. The number of nitrogens with one attached hydrogen (secondary N) is 2. The monoisotopic (exact) mass is 336 g/mol. The zero-order valence-corrected chi connectivity index (χ0v) is 13.5. The summed E-state index contributed by atoms with van der Waals surface area (Å²) in [5.74, 6) is 0. The molecule has 0 saturated carbocycles. The van der Waals surface area contributed by atoms with Crippen molar-refractivity contribution in [3.05, 3.63) is 57.6 Å². The van der Waals surface area contributed by atoms with Gasteiger partial charge in [-0.2, -0.15) is 0 Å². The predicted octanol–water partition coefficient (Wildman–Crippen LogP) is 5.43. The number of carbonyl (C=O) groups excluding carboxylic acids is 1. The van der Waals surface area contributed by atoms with Crippen LogP contribution >= 0.6 is 23.2 Å². The van der Waals surface area contributed by atoms with E-state index in [0.29, 0.717) is 21.4 Å². The van der Waals surface area contributed by atoms with E-state index in [1.165, 1.54) is 0 Å². The van der Waals surface area contributed by atoms with Crippen molar-refractivity contribution >= 4 is 40.6 Å². The minimum absolute atomic E-state index is 0.535. The molecule has 0 fully saturated rings. The maximum atomic E-state index is 11.7. The Labute approximate surface area is 138 Å². The molecular weight excluding hydrogens is 323 g/mol. The third kappa shape index (κ3) is 4.44. The van der Waals surface area contributed by atoms with Crippen LogP contribution in [0.1, 0.15) is 11.1 Å². The Balaban J connectivity index is 1.99. The smallest absolute Gasteiger partial charge is 0.297 e. The number of benzene rings is 2. The van der Waals surface area contributed by atoms with Crippen molar-refractivity contribution in [3.8, 4) is 0 Å². The number of nitrogens with zero attached hydrogens (tertiary/aromatic N) is 2. The molecule has 0 saturated heterocycles. The molecule has 0 aliphatic heterocycles. The predicted molar refractivity (Wildman–Crippen MR) is 89.0 cm³/mol. The summed E-state index contributed by atoms with van der Waals surface area (Å²) in [5, 5.41) is 8.57. The number of hydrogen-bond donors (Lipinski definition) is 2. The Kier molecular flexibility index (Phi) is 5.35. The Bertz CT molecular complexity index is 731. The maximum absolute atomic E-state index is 11.7. The van der Waals surface area contributed by atoms with E-state index < -0.39 is 6.03 Å². The summed E-state index contributed by atoms with van der Waals surface area (Å²) in [6, 6.07) is 9.89. The van der Waals surface area contributed by atoms with Crippen LogP contribution < -0.4 is 10.9 Å². The number of hydrazine groups is 1. The molecule has 0 radical (unpaired) electrons. The van der Waals surface area contributed by atoms with Crippen LogP contribution in [0.4, 0.5) is 16.2 Å². The largest absolute Gasteiger partial charge is 0.378 e. The highest BCUT2D eigenvalue weighted by Gasteiger charge is 2.03. The molecule has 22 heavy (non-hydrogen) atoms. The molecule has 2 aromatic rings. The van der Waals surface area contributed by atoms with Gasteiger partial charge >= 0.3 is 6.03 Å². The van der Waals surface area contributed by atoms with Gasteiger partial charge in [-0.25, -0.2) is 10.2 Å². The molecule has 0 aromatic heterocycles. The highest BCUT2D eigenvalue weighted by Crippen LogP contribution is 2.23. The summed E-state index contributed by atoms with van der Waals surface area (Å²) in [5.41, 5.74) is 8.23. The molecule has 0 bridgehead atoms. The molecule has 0 aliphatic rings. The van der Waals surface area contributed by atoms with E-state index in [1.54, 1.807) is 24.3 Å². The minimum Gasteiger partial charge on any atom is -0.297 e. The fourth-order valence-electron chi connectivity index (χ4n) is 1.66. The first-order valence-corrected chi connectivity index (χ1v) is 7.21. The molecule has 2 rings (SSSR count). The third-order valence-electron chi connectivity index (χ3n) is 2.92. The number of hydrogen-bond acceptors (Lipinski definition) is 3. The minimum atomic E-state index is -0.626. The molecule has 0 atom stereocenters. The van der Waals surface area contributed by atoms with Crippen molar-refractivity contribution in [2.45, 2.75) is 13.8 Å². The number of anilines is 1. The number of urea groups is 1. The molecule has 2 aromatic carbocycles. The van der Waals surface area contributed by atoms with Crippen LogP contribution in [0.3, 0.4) is 0 Å². The molecule has 0 heterocycles. The summed E-state index contributed by atoms with van der Waals surface area (Å²) in [4.78, 5) is 11.7. The second-order valence-corrected chi connectivity index (χ2v) is 5.52. The summed E-state index contributed by atoms with van der Waals surface area (Å²) < 4.78 is 0. The lowest BCUT2D eigenvalue weighted by Crippen LogP contribution is -2.26. The summed E-state index contributed by atoms with van der Waals surface area (Å²) in [7, 11) is 0. The average molecular weight is 337 g/mol. The van der Waals surface area contributed by atoms with Crippen molar-refractivity contribution in [2.75, 3.05) is 5.43 Å². The summed E-state index contributed by atoms with van der Waals surface area (Å²) >= 11 is 11.8. The van der Waals surface area contributed by atoms with Crippen molar-refractivity contribution in [3.63, 3.8) is 0 Å². The van der Waals surface area contributed by atoms with Gasteiger partial charge in [-0.1, -0.05) is 40.4 Å². The topological polar surface area (TPSA) is 65.8 Å². The fraction of sp³-hybridized carbons (Fsp3) is 0.133. The summed E-state index contributed by atoms with van der Waals surface area (Å²) in [6.07, 6.45) is 0. The van der Waals surface area contributed by atoms with E-state index >= 15 is 0 Å². The van der Waals surface area contributed by atoms with Gasteiger partial charge in [0.15, 0.2) is 0 Å². The Hall–Kier alpha value is -2.11. The van der Waals surface area contributed by atoms with E-state index in [4.69, 9.17) is 23.2 Å². The lowest BCUT2D eigenvalue weighted by Gasteiger charge is -2.09. The zero-order chi connectivity index (χ0) is 16.1. The second-order valence-electron chi connectivity index (χ2n) is 4.65. The van der Waals surface area contributed by atoms with Crippen molar-refractivity contribution in [1.29, 1.82) is 0 Å². The van der Waals surface area contributed by atoms with E-state index in [1.807, 2.05) is 26.0 Å². The van der Waals surface area contributed by atoms with Crippen LogP contribution in [0.2, 0.25) is 10.0 Å². The molecule has 114 valence electrons. The molecule has 2 N–H and O–H groups in total. The van der Waals surface area contributed by atoms with Crippen LogP contribution in [0.5, 0.6) is 0 Å². The second kappa shape index (κ2) is 7.24. The average Bonchev–Trinajstić information content (AvgIpc) is 2.49. The summed E-state index contributed by atoms with van der Waals surface area (Å²) in [6.45, 7) is 3.75. The van der Waals surface area contributed by atoms with Crippen LogP contribution in [-0.2, 0) is 0 Å². The molecule has 7 heteroatoms. The van der Waals surface area contributed by atoms with Crippen LogP contribution in [0, 0.1) is 13.8 Å². The first kappa shape index (κ1) is 16.3. The number of carbonyl (C=O) groups is 1. The molecule has 5 nitrogen and oxygen atoms in total. The van der Waals surface area contributed by atoms with E-state index in [0.717, 1.165) is 11.1 Å². The van der Waals surface area contributed by atoms with Gasteiger partial charge in [0, 0.05) is 10.0 Å². The highest BCUT2D eigenvalue weighted by atomic mass is 35.5. The van der Waals surface area contributed by atoms with Crippen molar-refractivity contribution in [1.82, 2.24) is 5.43 Å². The van der Waals surface area contributed by atoms with Crippen LogP contribution in [0.15, 0.2) is 46.6 Å². The van der Waals surface area contributed by atoms with E-state index in [-0.39, 0.29) is 0 Å². The van der Waals surface area contributed by atoms with Gasteiger partial charge in [-0.05, 0) is 49.2 Å². The Morgan fingerprint density at radius 2 is 1.64 bits per heavy atom. The van der Waals surface area contributed by atoms with Crippen LogP contribution in [-0.4, -0.2) is 6.03 Å². The fourth-order valence-corrected chi connectivity index (χ4v) is 2.00. The first-order valence-electron chi connectivity index (χ1n) is 6.46. The lowest BCUT2D eigenvalue weighted by atomic mass is 10.2. The van der Waals surface area contributed by atoms with Crippen molar-refractivity contribution < 1.29 is 4.79 Å². The lowest BCUT2D eigenvalue weighted by molar-refractivity contribution is 0.249. The van der Waals surface area contributed by atoms with Gasteiger partial charge in [0.25, 0.3) is 0 Å². The molecule has 0 unspecified atom stereocenters. The van der Waals surface area contributed by atoms with Gasteiger partial charge in [-0.3, -0.25) is 5.43 Å². The normalized spacial score (nSPS) is 10.7. The zero-order valence-electron chi connectivity index (χ0n) is 12.0. The Morgan fingerprint density at radius 3 is 2.36 bits per heavy atom. The third-order valence-corrected chi connectivity index (χ3v) is 3.39.